The van der Waals surface area contributed by atoms with Gasteiger partial charge in [-0.05, 0) is 69.0 Å². The smallest absolute Gasteiger partial charge is 0.414 e. The fraction of sp³-hybridized carbons (Fsp3) is 0.526. The highest BCUT2D eigenvalue weighted by molar-refractivity contribution is 6.27. The number of aryl methyl sites for hydroxylation is 2. The summed E-state index contributed by atoms with van der Waals surface area (Å²) in [6.45, 7) is 9.57. The van der Waals surface area contributed by atoms with E-state index in [4.69, 9.17) is 19.8 Å². The molecule has 1 saturated heterocycles. The van der Waals surface area contributed by atoms with Crippen LogP contribution in [0.5, 0.6) is 0 Å². The van der Waals surface area contributed by atoms with Crippen molar-refractivity contribution in [3.8, 4) is 0 Å². The molecule has 1 amide bonds. The first kappa shape index (κ1) is 21.6. The van der Waals surface area contributed by atoms with Gasteiger partial charge >= 0.3 is 11.9 Å². The summed E-state index contributed by atoms with van der Waals surface area (Å²) in [7, 11) is 0. The fourth-order valence-electron chi connectivity index (χ4n) is 2.82. The summed E-state index contributed by atoms with van der Waals surface area (Å²) >= 11 is 0. The number of hydrogen-bond acceptors (Lipinski definition) is 4. The van der Waals surface area contributed by atoms with Gasteiger partial charge in [-0.2, -0.15) is 0 Å². The number of rotatable bonds is 4. The molecule has 7 nitrogen and oxygen atoms in total. The number of aliphatic carboxylic acids is 2. The zero-order valence-corrected chi connectivity index (χ0v) is 15.6. The van der Waals surface area contributed by atoms with Gasteiger partial charge in [-0.3, -0.25) is 4.79 Å². The van der Waals surface area contributed by atoms with Crippen LogP contribution in [0.4, 0.5) is 5.69 Å². The van der Waals surface area contributed by atoms with Crippen molar-refractivity contribution in [2.24, 2.45) is 5.92 Å². The van der Waals surface area contributed by atoms with Crippen LogP contribution in [0.2, 0.25) is 0 Å². The second kappa shape index (κ2) is 10.6. The minimum atomic E-state index is -1.82. The molecule has 0 atom stereocenters. The number of carboxylic acids is 2. The molecule has 0 aliphatic carbocycles. The average Bonchev–Trinajstić information content (AvgIpc) is 2.54. The zero-order valence-electron chi connectivity index (χ0n) is 15.6. The highest BCUT2D eigenvalue weighted by atomic mass is 16.4. The molecule has 0 unspecified atom stereocenters. The monoisotopic (exact) mass is 364 g/mol. The molecular formula is C19H28N2O5. The molecule has 0 aromatic heterocycles. The normalized spacial score (nSPS) is 14.9. The van der Waals surface area contributed by atoms with Crippen LogP contribution in [0.15, 0.2) is 18.2 Å². The third-order valence-electron chi connectivity index (χ3n) is 4.22. The van der Waals surface area contributed by atoms with Gasteiger partial charge in [-0.25, -0.2) is 9.59 Å². The Labute approximate surface area is 154 Å². The summed E-state index contributed by atoms with van der Waals surface area (Å²) in [4.78, 5) is 32.6. The summed E-state index contributed by atoms with van der Waals surface area (Å²) in [5.74, 6) is -2.69. The van der Waals surface area contributed by atoms with E-state index in [2.05, 4.69) is 37.1 Å². The molecule has 1 heterocycles. The van der Waals surface area contributed by atoms with Crippen molar-refractivity contribution in [1.29, 1.82) is 0 Å². The molecule has 1 aliphatic heterocycles. The van der Waals surface area contributed by atoms with Gasteiger partial charge in [0, 0.05) is 18.7 Å². The SMILES string of the molecule is Cc1cc(C)cc(NC(=O)CCN2CCC(C)CC2)c1.O=C(O)C(=O)O. The Hall–Kier alpha value is -2.41. The summed E-state index contributed by atoms with van der Waals surface area (Å²) in [5, 5.41) is 17.8. The van der Waals surface area contributed by atoms with E-state index in [1.165, 1.54) is 24.0 Å². The molecule has 3 N–H and O–H groups in total. The summed E-state index contributed by atoms with van der Waals surface area (Å²) < 4.78 is 0. The van der Waals surface area contributed by atoms with Crippen LogP contribution < -0.4 is 5.32 Å². The number of nitrogens with one attached hydrogen (secondary N) is 1. The average molecular weight is 364 g/mol. The van der Waals surface area contributed by atoms with Crippen molar-refractivity contribution < 1.29 is 24.6 Å². The number of hydrogen-bond donors (Lipinski definition) is 3. The van der Waals surface area contributed by atoms with E-state index in [1.807, 2.05) is 12.1 Å². The van der Waals surface area contributed by atoms with Gasteiger partial charge in [-0.1, -0.05) is 13.0 Å². The molecule has 1 fully saturated rings. The van der Waals surface area contributed by atoms with Crippen LogP contribution in [0.25, 0.3) is 0 Å². The van der Waals surface area contributed by atoms with Gasteiger partial charge in [0.05, 0.1) is 0 Å². The summed E-state index contributed by atoms with van der Waals surface area (Å²) in [6.07, 6.45) is 3.11. The first-order valence-electron chi connectivity index (χ1n) is 8.74. The van der Waals surface area contributed by atoms with Crippen LogP contribution in [0.1, 0.15) is 37.3 Å². The number of benzene rings is 1. The van der Waals surface area contributed by atoms with Crippen molar-refractivity contribution in [2.75, 3.05) is 25.0 Å². The van der Waals surface area contributed by atoms with E-state index in [0.717, 1.165) is 31.2 Å². The molecule has 7 heteroatoms. The topological polar surface area (TPSA) is 107 Å². The maximum Gasteiger partial charge on any atom is 0.414 e. The Morgan fingerprint density at radius 1 is 1.04 bits per heavy atom. The van der Waals surface area contributed by atoms with E-state index in [0.29, 0.717) is 6.42 Å². The predicted octanol–water partition coefficient (Wildman–Crippen LogP) is 2.52. The molecule has 0 bridgehead atoms. The van der Waals surface area contributed by atoms with Gasteiger partial charge < -0.3 is 20.4 Å². The number of anilines is 1. The lowest BCUT2D eigenvalue weighted by Crippen LogP contribution is -2.35. The molecule has 26 heavy (non-hydrogen) atoms. The van der Waals surface area contributed by atoms with Gasteiger partial charge in [0.2, 0.25) is 5.91 Å². The van der Waals surface area contributed by atoms with E-state index < -0.39 is 11.9 Å². The third-order valence-corrected chi connectivity index (χ3v) is 4.22. The summed E-state index contributed by atoms with van der Waals surface area (Å²) in [6, 6.07) is 6.16. The number of nitrogens with zero attached hydrogens (tertiary/aromatic N) is 1. The minimum absolute atomic E-state index is 0.119. The van der Waals surface area contributed by atoms with Crippen LogP contribution in [0.3, 0.4) is 0 Å². The number of amides is 1. The van der Waals surface area contributed by atoms with Crippen LogP contribution in [-0.4, -0.2) is 52.6 Å². The molecule has 0 radical (unpaired) electrons. The van der Waals surface area contributed by atoms with Crippen molar-refractivity contribution in [3.05, 3.63) is 29.3 Å². The number of piperidine rings is 1. The first-order valence-corrected chi connectivity index (χ1v) is 8.74. The largest absolute Gasteiger partial charge is 0.473 e. The summed E-state index contributed by atoms with van der Waals surface area (Å²) in [5.41, 5.74) is 3.29. The fourth-order valence-corrected chi connectivity index (χ4v) is 2.82. The maximum absolute atomic E-state index is 12.0. The van der Waals surface area contributed by atoms with Gasteiger partial charge in [0.25, 0.3) is 0 Å². The minimum Gasteiger partial charge on any atom is -0.473 e. The van der Waals surface area contributed by atoms with E-state index >= 15 is 0 Å². The van der Waals surface area contributed by atoms with Crippen LogP contribution in [-0.2, 0) is 14.4 Å². The number of likely N-dealkylation sites (tertiary alicyclic amines) is 1. The standard InChI is InChI=1S/C17H26N2O.C2H2O4/c1-13-4-7-19(8-5-13)9-6-17(20)18-16-11-14(2)10-15(3)12-16;3-1(4)2(5)6/h10-13H,4-9H2,1-3H3,(H,18,20);(H,3,4)(H,5,6). The Bertz CT molecular complexity index is 605. The van der Waals surface area contributed by atoms with E-state index in [1.54, 1.807) is 0 Å². The lowest BCUT2D eigenvalue weighted by molar-refractivity contribution is -0.159. The first-order chi connectivity index (χ1) is 12.2. The molecule has 2 rings (SSSR count). The van der Waals surface area contributed by atoms with E-state index in [-0.39, 0.29) is 5.91 Å². The molecule has 144 valence electrons. The lowest BCUT2D eigenvalue weighted by atomic mass is 9.99. The number of carbonyl (C=O) groups excluding carboxylic acids is 1. The van der Waals surface area contributed by atoms with Crippen molar-refractivity contribution in [3.63, 3.8) is 0 Å². The third kappa shape index (κ3) is 8.62. The number of carboxylic acid groups (broad SMARTS) is 2. The Morgan fingerprint density at radius 3 is 2.00 bits per heavy atom. The molecule has 0 saturated carbocycles. The van der Waals surface area contributed by atoms with Gasteiger partial charge in [-0.15, -0.1) is 0 Å². The van der Waals surface area contributed by atoms with Crippen molar-refractivity contribution in [1.82, 2.24) is 4.90 Å². The molecular weight excluding hydrogens is 336 g/mol. The lowest BCUT2D eigenvalue weighted by Gasteiger charge is -2.29. The maximum atomic E-state index is 12.0. The van der Waals surface area contributed by atoms with Crippen LogP contribution in [0, 0.1) is 19.8 Å². The Morgan fingerprint density at radius 2 is 1.54 bits per heavy atom. The second-order valence-corrected chi connectivity index (χ2v) is 6.81. The van der Waals surface area contributed by atoms with E-state index in [9.17, 15) is 4.79 Å². The molecule has 1 aliphatic rings. The highest BCUT2D eigenvalue weighted by Crippen LogP contribution is 2.17. The Kier molecular flexibility index (Phi) is 8.78. The van der Waals surface area contributed by atoms with Gasteiger partial charge in [0.1, 0.15) is 0 Å². The highest BCUT2D eigenvalue weighted by Gasteiger charge is 2.16. The van der Waals surface area contributed by atoms with Crippen molar-refractivity contribution in [2.45, 2.75) is 40.0 Å². The quantitative estimate of drug-likeness (QED) is 0.709. The molecule has 0 spiro atoms. The Balaban J connectivity index is 0.000000487. The number of carbonyl (C=O) groups is 3. The van der Waals surface area contributed by atoms with Crippen LogP contribution >= 0.6 is 0 Å². The van der Waals surface area contributed by atoms with Crippen molar-refractivity contribution >= 4 is 23.5 Å². The van der Waals surface area contributed by atoms with Gasteiger partial charge in [0.15, 0.2) is 0 Å². The molecule has 1 aromatic rings. The predicted molar refractivity (Wildman–Crippen MR) is 99.3 cm³/mol. The second-order valence-electron chi connectivity index (χ2n) is 6.81. The zero-order chi connectivity index (χ0) is 19.7. The molecule has 1 aromatic carbocycles.